The van der Waals surface area contributed by atoms with Crippen LogP contribution in [0.1, 0.15) is 22.3 Å². The standard InChI is InChI=1S/C13H14O3/c1-15-8-9-6-7-10-11(13(9)14)4-3-5-12(10)16-2/h3-5,8H,6-7H2,1-2H3. The van der Waals surface area contributed by atoms with Gasteiger partial charge in [-0.2, -0.15) is 0 Å². The summed E-state index contributed by atoms with van der Waals surface area (Å²) in [6.45, 7) is 0. The summed E-state index contributed by atoms with van der Waals surface area (Å²) in [4.78, 5) is 12.1. The van der Waals surface area contributed by atoms with E-state index in [1.54, 1.807) is 14.2 Å². The lowest BCUT2D eigenvalue weighted by Gasteiger charge is -2.19. The fraction of sp³-hybridized carbons (Fsp3) is 0.308. The molecule has 0 heterocycles. The van der Waals surface area contributed by atoms with Gasteiger partial charge in [-0.3, -0.25) is 4.79 Å². The number of ketones is 1. The summed E-state index contributed by atoms with van der Waals surface area (Å²) < 4.78 is 10.2. The van der Waals surface area contributed by atoms with Crippen LogP contribution in [-0.4, -0.2) is 20.0 Å². The average Bonchev–Trinajstić information content (AvgIpc) is 2.32. The van der Waals surface area contributed by atoms with E-state index in [0.29, 0.717) is 6.42 Å². The van der Waals surface area contributed by atoms with E-state index in [9.17, 15) is 4.79 Å². The summed E-state index contributed by atoms with van der Waals surface area (Å²) in [7, 11) is 3.18. The maximum absolute atomic E-state index is 12.1. The van der Waals surface area contributed by atoms with Crippen LogP contribution in [0.3, 0.4) is 0 Å². The molecule has 1 aliphatic rings. The second-order valence-electron chi connectivity index (χ2n) is 3.69. The van der Waals surface area contributed by atoms with Crippen molar-refractivity contribution in [3.8, 4) is 5.75 Å². The lowest BCUT2D eigenvalue weighted by atomic mass is 9.87. The van der Waals surface area contributed by atoms with Gasteiger partial charge >= 0.3 is 0 Å². The topological polar surface area (TPSA) is 35.5 Å². The minimum absolute atomic E-state index is 0.0435. The number of fused-ring (bicyclic) bond motifs is 1. The van der Waals surface area contributed by atoms with E-state index in [4.69, 9.17) is 9.47 Å². The van der Waals surface area contributed by atoms with Gasteiger partial charge in [0.15, 0.2) is 5.78 Å². The Balaban J connectivity index is 2.46. The number of hydrogen-bond donors (Lipinski definition) is 0. The van der Waals surface area contributed by atoms with Crippen molar-refractivity contribution in [3.05, 3.63) is 41.2 Å². The Hall–Kier alpha value is -1.77. The first-order valence-corrected chi connectivity index (χ1v) is 5.20. The second kappa shape index (κ2) is 4.39. The van der Waals surface area contributed by atoms with Crippen LogP contribution in [0.2, 0.25) is 0 Å². The van der Waals surface area contributed by atoms with Crippen molar-refractivity contribution in [2.45, 2.75) is 12.8 Å². The molecule has 0 aliphatic heterocycles. The molecule has 16 heavy (non-hydrogen) atoms. The first-order valence-electron chi connectivity index (χ1n) is 5.20. The Bertz CT molecular complexity index is 446. The van der Waals surface area contributed by atoms with Crippen molar-refractivity contribution in [1.82, 2.24) is 0 Å². The molecule has 3 nitrogen and oxygen atoms in total. The summed E-state index contributed by atoms with van der Waals surface area (Å²) in [6, 6.07) is 5.56. The summed E-state index contributed by atoms with van der Waals surface area (Å²) >= 11 is 0. The molecular weight excluding hydrogens is 204 g/mol. The summed E-state index contributed by atoms with van der Waals surface area (Å²) in [5.41, 5.74) is 2.46. The monoisotopic (exact) mass is 218 g/mol. The molecule has 0 bridgehead atoms. The first-order chi connectivity index (χ1) is 7.77. The fourth-order valence-corrected chi connectivity index (χ4v) is 2.03. The van der Waals surface area contributed by atoms with E-state index in [1.807, 2.05) is 18.2 Å². The number of Topliss-reactive ketones (excluding diaryl/α,β-unsaturated/α-hetero) is 1. The van der Waals surface area contributed by atoms with Gasteiger partial charge in [-0.25, -0.2) is 0 Å². The Labute approximate surface area is 94.7 Å². The molecule has 1 aliphatic carbocycles. The molecule has 0 radical (unpaired) electrons. The highest BCUT2D eigenvalue weighted by Gasteiger charge is 2.24. The molecule has 0 spiro atoms. The van der Waals surface area contributed by atoms with Gasteiger partial charge in [0.05, 0.1) is 20.5 Å². The fourth-order valence-electron chi connectivity index (χ4n) is 2.03. The summed E-state index contributed by atoms with van der Waals surface area (Å²) in [5, 5.41) is 0. The van der Waals surface area contributed by atoms with Crippen LogP contribution in [0.25, 0.3) is 0 Å². The number of rotatable bonds is 2. The molecule has 0 aromatic heterocycles. The van der Waals surface area contributed by atoms with Crippen LogP contribution in [0.15, 0.2) is 30.0 Å². The molecule has 0 atom stereocenters. The zero-order valence-electron chi connectivity index (χ0n) is 9.45. The molecule has 0 unspecified atom stereocenters. The highest BCUT2D eigenvalue weighted by molar-refractivity contribution is 6.10. The van der Waals surface area contributed by atoms with Crippen LogP contribution in [-0.2, 0) is 11.2 Å². The maximum Gasteiger partial charge on any atom is 0.192 e. The number of carbonyl (C=O) groups is 1. The number of carbonyl (C=O) groups excluding carboxylic acids is 1. The van der Waals surface area contributed by atoms with Crippen LogP contribution in [0, 0.1) is 0 Å². The predicted molar refractivity (Wildman–Crippen MR) is 60.7 cm³/mol. The molecule has 0 N–H and O–H groups in total. The highest BCUT2D eigenvalue weighted by atomic mass is 16.5. The zero-order valence-corrected chi connectivity index (χ0v) is 9.45. The van der Waals surface area contributed by atoms with E-state index in [1.165, 1.54) is 6.26 Å². The van der Waals surface area contributed by atoms with Crippen molar-refractivity contribution in [3.63, 3.8) is 0 Å². The van der Waals surface area contributed by atoms with Crippen LogP contribution in [0.4, 0.5) is 0 Å². The average molecular weight is 218 g/mol. The van der Waals surface area contributed by atoms with Crippen molar-refractivity contribution in [2.75, 3.05) is 14.2 Å². The van der Waals surface area contributed by atoms with Crippen molar-refractivity contribution in [2.24, 2.45) is 0 Å². The third-order valence-corrected chi connectivity index (χ3v) is 2.79. The largest absolute Gasteiger partial charge is 0.504 e. The Kier molecular flexibility index (Phi) is 2.95. The lowest BCUT2D eigenvalue weighted by molar-refractivity contribution is 0.102. The molecule has 1 aromatic rings. The second-order valence-corrected chi connectivity index (χ2v) is 3.69. The number of ether oxygens (including phenoxy) is 2. The van der Waals surface area contributed by atoms with Gasteiger partial charge in [0, 0.05) is 16.7 Å². The molecule has 3 heteroatoms. The van der Waals surface area contributed by atoms with E-state index in [0.717, 1.165) is 28.9 Å². The Morgan fingerprint density at radius 3 is 2.75 bits per heavy atom. The van der Waals surface area contributed by atoms with Crippen LogP contribution < -0.4 is 4.74 Å². The van der Waals surface area contributed by atoms with E-state index in [-0.39, 0.29) is 5.78 Å². The third-order valence-electron chi connectivity index (χ3n) is 2.79. The molecule has 2 rings (SSSR count). The molecule has 84 valence electrons. The van der Waals surface area contributed by atoms with Gasteiger partial charge in [-0.1, -0.05) is 12.1 Å². The minimum Gasteiger partial charge on any atom is -0.504 e. The van der Waals surface area contributed by atoms with Gasteiger partial charge in [0.2, 0.25) is 0 Å². The van der Waals surface area contributed by atoms with E-state index < -0.39 is 0 Å². The van der Waals surface area contributed by atoms with Crippen LogP contribution in [0.5, 0.6) is 5.75 Å². The molecule has 0 fully saturated rings. The lowest BCUT2D eigenvalue weighted by Crippen LogP contribution is -2.15. The zero-order chi connectivity index (χ0) is 11.5. The summed E-state index contributed by atoms with van der Waals surface area (Å²) in [6.07, 6.45) is 3.06. The number of methoxy groups -OCH3 is 2. The molecule has 1 aromatic carbocycles. The summed E-state index contributed by atoms with van der Waals surface area (Å²) in [5.74, 6) is 0.837. The highest BCUT2D eigenvalue weighted by Crippen LogP contribution is 2.31. The van der Waals surface area contributed by atoms with Gasteiger partial charge in [0.25, 0.3) is 0 Å². The number of benzene rings is 1. The maximum atomic E-state index is 12.1. The van der Waals surface area contributed by atoms with E-state index >= 15 is 0 Å². The number of hydrogen-bond acceptors (Lipinski definition) is 3. The minimum atomic E-state index is 0.0435. The SMILES string of the molecule is COC=C1CCc2c(OC)cccc2C1=O. The molecule has 0 amide bonds. The van der Waals surface area contributed by atoms with Crippen LogP contribution >= 0.6 is 0 Å². The normalized spacial score (nSPS) is 17.1. The Morgan fingerprint density at radius 1 is 1.25 bits per heavy atom. The van der Waals surface area contributed by atoms with Gasteiger partial charge in [-0.05, 0) is 18.9 Å². The third kappa shape index (κ3) is 1.69. The quantitative estimate of drug-likeness (QED) is 0.564. The van der Waals surface area contributed by atoms with Crippen molar-refractivity contribution >= 4 is 5.78 Å². The van der Waals surface area contributed by atoms with Crippen molar-refractivity contribution < 1.29 is 14.3 Å². The first kappa shape index (κ1) is 10.7. The van der Waals surface area contributed by atoms with E-state index in [2.05, 4.69) is 0 Å². The smallest absolute Gasteiger partial charge is 0.192 e. The molecule has 0 saturated carbocycles. The van der Waals surface area contributed by atoms with Gasteiger partial charge < -0.3 is 9.47 Å². The Morgan fingerprint density at radius 2 is 2.06 bits per heavy atom. The molecular formula is C13H14O3. The predicted octanol–water partition coefficient (Wildman–Crippen LogP) is 2.35. The molecule has 0 saturated heterocycles. The van der Waals surface area contributed by atoms with Crippen molar-refractivity contribution in [1.29, 1.82) is 0 Å². The number of allylic oxidation sites excluding steroid dienone is 1. The van der Waals surface area contributed by atoms with Gasteiger partial charge in [-0.15, -0.1) is 0 Å². The van der Waals surface area contributed by atoms with Gasteiger partial charge in [0.1, 0.15) is 5.75 Å².